The summed E-state index contributed by atoms with van der Waals surface area (Å²) in [5.74, 6) is 0. The van der Waals surface area contributed by atoms with E-state index in [1.807, 2.05) is 24.3 Å². The van der Waals surface area contributed by atoms with Crippen molar-refractivity contribution in [3.05, 3.63) is 69.1 Å². The molecule has 110 valence electrons. The molecule has 0 radical (unpaired) electrons. The molecule has 0 amide bonds. The molecule has 5 heteroatoms. The van der Waals surface area contributed by atoms with Crippen LogP contribution in [0.3, 0.4) is 0 Å². The maximum absolute atomic E-state index is 12.4. The number of aromatic nitrogens is 1. The monoisotopic (exact) mass is 331 g/mol. The van der Waals surface area contributed by atoms with Crippen LogP contribution in [-0.2, 0) is 11.3 Å². The molecule has 0 N–H and O–H groups in total. The van der Waals surface area contributed by atoms with Gasteiger partial charge in [0.1, 0.15) is 6.29 Å². The summed E-state index contributed by atoms with van der Waals surface area (Å²) in [6, 6.07) is 12.8. The van der Waals surface area contributed by atoms with Crippen LogP contribution in [0.5, 0.6) is 0 Å². The van der Waals surface area contributed by atoms with Gasteiger partial charge in [-0.05, 0) is 40.8 Å². The van der Waals surface area contributed by atoms with Crippen molar-refractivity contribution in [2.45, 2.75) is 6.54 Å². The zero-order valence-corrected chi connectivity index (χ0v) is 12.9. The number of halogens is 2. The second kappa shape index (κ2) is 5.95. The smallest absolute Gasteiger partial charge is 0.258 e. The fourth-order valence-corrected chi connectivity index (χ4v) is 2.66. The lowest BCUT2D eigenvalue weighted by Gasteiger charge is -2.07. The molecule has 0 aliphatic heterocycles. The van der Waals surface area contributed by atoms with Gasteiger partial charge in [0.15, 0.2) is 0 Å². The molecule has 1 heterocycles. The Kier molecular flexibility index (Phi) is 4.01. The van der Waals surface area contributed by atoms with Gasteiger partial charge in [-0.25, -0.2) is 0 Å². The number of hydrogen-bond donors (Lipinski definition) is 0. The third-order valence-electron chi connectivity index (χ3n) is 3.50. The zero-order valence-electron chi connectivity index (χ0n) is 11.4. The van der Waals surface area contributed by atoms with Crippen LogP contribution in [-0.4, -0.2) is 10.9 Å². The summed E-state index contributed by atoms with van der Waals surface area (Å²) < 4.78 is 1.38. The highest BCUT2D eigenvalue weighted by Gasteiger charge is 2.07. The van der Waals surface area contributed by atoms with Crippen molar-refractivity contribution in [1.82, 2.24) is 4.57 Å². The number of rotatable bonds is 3. The van der Waals surface area contributed by atoms with E-state index in [9.17, 15) is 9.59 Å². The predicted octanol–water partition coefficient (Wildman–Crippen LogP) is 4.17. The summed E-state index contributed by atoms with van der Waals surface area (Å²) in [6.45, 7) is 0.0474. The molecule has 3 aromatic rings. The molecule has 0 unspecified atom stereocenters. The number of carbonyl (C=O) groups is 1. The average molecular weight is 332 g/mol. The molecular weight excluding hydrogens is 321 g/mol. The van der Waals surface area contributed by atoms with E-state index in [-0.39, 0.29) is 12.1 Å². The molecule has 22 heavy (non-hydrogen) atoms. The summed E-state index contributed by atoms with van der Waals surface area (Å²) in [7, 11) is 0. The van der Waals surface area contributed by atoms with E-state index >= 15 is 0 Å². The van der Waals surface area contributed by atoms with Crippen LogP contribution in [0.25, 0.3) is 21.9 Å². The van der Waals surface area contributed by atoms with Gasteiger partial charge in [0.2, 0.25) is 0 Å². The van der Waals surface area contributed by atoms with Crippen LogP contribution >= 0.6 is 23.2 Å². The van der Waals surface area contributed by atoms with Crippen molar-refractivity contribution < 1.29 is 4.79 Å². The third-order valence-corrected chi connectivity index (χ3v) is 4.24. The summed E-state index contributed by atoms with van der Waals surface area (Å²) >= 11 is 12.0. The molecule has 0 fully saturated rings. The predicted molar refractivity (Wildman–Crippen MR) is 89.7 cm³/mol. The Morgan fingerprint density at radius 3 is 2.41 bits per heavy atom. The average Bonchev–Trinajstić information content (AvgIpc) is 2.53. The molecule has 3 rings (SSSR count). The van der Waals surface area contributed by atoms with Gasteiger partial charge in [0.05, 0.1) is 16.6 Å². The number of pyridine rings is 1. The Bertz CT molecular complexity index is 932. The topological polar surface area (TPSA) is 39.1 Å². The van der Waals surface area contributed by atoms with Gasteiger partial charge in [-0.15, -0.1) is 0 Å². The standard InChI is InChI=1S/C17H11Cl2NO2/c18-15-4-3-13(10-16(15)19)12-2-1-11-5-6-20(7-8-21)17(22)14(11)9-12/h1-6,8-10H,7H2. The molecule has 3 nitrogen and oxygen atoms in total. The van der Waals surface area contributed by atoms with Crippen LogP contribution in [0.1, 0.15) is 0 Å². The van der Waals surface area contributed by atoms with Crippen molar-refractivity contribution in [3.8, 4) is 11.1 Å². The molecular formula is C17H11Cl2NO2. The number of carbonyl (C=O) groups excluding carboxylic acids is 1. The maximum Gasteiger partial charge on any atom is 0.258 e. The number of fused-ring (bicyclic) bond motifs is 1. The second-order valence-corrected chi connectivity index (χ2v) is 5.69. The summed E-state index contributed by atoms with van der Waals surface area (Å²) in [6.07, 6.45) is 2.33. The Morgan fingerprint density at radius 2 is 1.68 bits per heavy atom. The van der Waals surface area contributed by atoms with Gasteiger partial charge < -0.3 is 9.36 Å². The first-order valence-corrected chi connectivity index (χ1v) is 7.38. The van der Waals surface area contributed by atoms with Crippen molar-refractivity contribution in [2.24, 2.45) is 0 Å². The minimum atomic E-state index is -0.188. The van der Waals surface area contributed by atoms with Gasteiger partial charge in [-0.3, -0.25) is 4.79 Å². The highest BCUT2D eigenvalue weighted by molar-refractivity contribution is 6.42. The van der Waals surface area contributed by atoms with Crippen molar-refractivity contribution in [2.75, 3.05) is 0 Å². The van der Waals surface area contributed by atoms with Crippen LogP contribution < -0.4 is 5.56 Å². The number of hydrogen-bond acceptors (Lipinski definition) is 2. The summed E-state index contributed by atoms with van der Waals surface area (Å²) in [5, 5.41) is 2.34. The summed E-state index contributed by atoms with van der Waals surface area (Å²) in [5.41, 5.74) is 1.56. The van der Waals surface area contributed by atoms with E-state index in [0.29, 0.717) is 21.7 Å². The highest BCUT2D eigenvalue weighted by Crippen LogP contribution is 2.29. The van der Waals surface area contributed by atoms with Gasteiger partial charge in [-0.2, -0.15) is 0 Å². The first kappa shape index (κ1) is 14.8. The van der Waals surface area contributed by atoms with Gasteiger partial charge >= 0.3 is 0 Å². The normalized spacial score (nSPS) is 10.8. The molecule has 0 saturated carbocycles. The second-order valence-electron chi connectivity index (χ2n) is 4.87. The molecule has 1 aromatic heterocycles. The fraction of sp³-hybridized carbons (Fsp3) is 0.0588. The van der Waals surface area contributed by atoms with Gasteiger partial charge in [0.25, 0.3) is 5.56 Å². The van der Waals surface area contributed by atoms with Crippen molar-refractivity contribution in [3.63, 3.8) is 0 Å². The van der Waals surface area contributed by atoms with E-state index in [0.717, 1.165) is 16.5 Å². The first-order valence-electron chi connectivity index (χ1n) is 6.62. The van der Waals surface area contributed by atoms with Crippen LogP contribution in [0, 0.1) is 0 Å². The van der Waals surface area contributed by atoms with Crippen LogP contribution in [0.2, 0.25) is 10.0 Å². The minimum Gasteiger partial charge on any atom is -0.308 e. The fourth-order valence-electron chi connectivity index (χ4n) is 2.36. The number of benzene rings is 2. The Hall–Kier alpha value is -2.10. The zero-order chi connectivity index (χ0) is 15.7. The molecule has 2 aromatic carbocycles. The maximum atomic E-state index is 12.4. The van der Waals surface area contributed by atoms with Gasteiger partial charge in [0, 0.05) is 11.6 Å². The number of nitrogens with zero attached hydrogens (tertiary/aromatic N) is 1. The largest absolute Gasteiger partial charge is 0.308 e. The van der Waals surface area contributed by atoms with Crippen molar-refractivity contribution >= 4 is 40.3 Å². The Labute approximate surface area is 136 Å². The lowest BCUT2D eigenvalue weighted by molar-refractivity contribution is -0.108. The molecule has 0 aliphatic rings. The van der Waals surface area contributed by atoms with Crippen molar-refractivity contribution in [1.29, 1.82) is 0 Å². The van der Waals surface area contributed by atoms with Crippen LogP contribution in [0.15, 0.2) is 53.5 Å². The molecule has 0 saturated heterocycles. The van der Waals surface area contributed by atoms with E-state index in [4.69, 9.17) is 23.2 Å². The van der Waals surface area contributed by atoms with Crippen LogP contribution in [0.4, 0.5) is 0 Å². The SMILES string of the molecule is O=CCn1ccc2ccc(-c3ccc(Cl)c(Cl)c3)cc2c1=O. The molecule has 0 aliphatic carbocycles. The molecule has 0 atom stereocenters. The van der Waals surface area contributed by atoms with E-state index in [2.05, 4.69) is 0 Å². The highest BCUT2D eigenvalue weighted by atomic mass is 35.5. The van der Waals surface area contributed by atoms with E-state index < -0.39 is 0 Å². The quantitative estimate of drug-likeness (QED) is 0.675. The third kappa shape index (κ3) is 2.65. The Morgan fingerprint density at radius 1 is 0.955 bits per heavy atom. The lowest BCUT2D eigenvalue weighted by Crippen LogP contribution is -2.19. The van der Waals surface area contributed by atoms with Gasteiger partial charge in [-0.1, -0.05) is 41.4 Å². The first-order chi connectivity index (χ1) is 10.6. The van der Waals surface area contributed by atoms with E-state index in [1.54, 1.807) is 24.4 Å². The minimum absolute atomic E-state index is 0.0474. The van der Waals surface area contributed by atoms with E-state index in [1.165, 1.54) is 4.57 Å². The molecule has 0 spiro atoms. The molecule has 0 bridgehead atoms. The number of aldehydes is 1. The lowest BCUT2D eigenvalue weighted by atomic mass is 10.0. The Balaban J connectivity index is 2.19. The summed E-state index contributed by atoms with van der Waals surface area (Å²) in [4.78, 5) is 23.0.